The molecule has 1 atom stereocenters. The molecular weight excluding hydrogens is 224 g/mol. The van der Waals surface area contributed by atoms with E-state index in [1.54, 1.807) is 6.92 Å². The van der Waals surface area contributed by atoms with Gasteiger partial charge in [0.15, 0.2) is 0 Å². The van der Waals surface area contributed by atoms with Gasteiger partial charge in [-0.25, -0.2) is 9.78 Å². The zero-order valence-electron chi connectivity index (χ0n) is 10.1. The molecule has 1 aromatic rings. The number of aliphatic carboxylic acids is 1. The van der Waals surface area contributed by atoms with Crippen molar-refractivity contribution >= 4 is 11.9 Å². The molecule has 0 aliphatic rings. The van der Waals surface area contributed by atoms with Crippen LogP contribution in [-0.4, -0.2) is 37.7 Å². The van der Waals surface area contributed by atoms with E-state index in [0.717, 1.165) is 0 Å². The third kappa shape index (κ3) is 3.02. The van der Waals surface area contributed by atoms with E-state index in [1.807, 2.05) is 6.92 Å². The summed E-state index contributed by atoms with van der Waals surface area (Å²) < 4.78 is 0. The average molecular weight is 240 g/mol. The second-order valence-electron chi connectivity index (χ2n) is 4.09. The predicted molar refractivity (Wildman–Crippen MR) is 59.5 cm³/mol. The Morgan fingerprint density at radius 2 is 2.18 bits per heavy atom. The summed E-state index contributed by atoms with van der Waals surface area (Å²) in [7, 11) is 0. The number of rotatable bonds is 5. The lowest BCUT2D eigenvalue weighted by Gasteiger charge is -2.24. The summed E-state index contributed by atoms with van der Waals surface area (Å²) in [5.41, 5.74) is -1.29. The number of aromatic amines is 1. The fraction of sp³-hybridized carbons (Fsp3) is 0.600. The first kappa shape index (κ1) is 13.1. The third-order valence-corrected chi connectivity index (χ3v) is 2.41. The van der Waals surface area contributed by atoms with Crippen molar-refractivity contribution in [2.24, 2.45) is 0 Å². The number of aromatic nitrogens is 3. The largest absolute Gasteiger partial charge is 0.480 e. The van der Waals surface area contributed by atoms with Crippen LogP contribution in [0.5, 0.6) is 0 Å². The number of nitrogens with zero attached hydrogens (tertiary/aromatic N) is 2. The fourth-order valence-corrected chi connectivity index (χ4v) is 1.47. The molecule has 0 aromatic carbocycles. The van der Waals surface area contributed by atoms with Crippen LogP contribution < -0.4 is 5.32 Å². The van der Waals surface area contributed by atoms with Gasteiger partial charge >= 0.3 is 5.97 Å². The van der Waals surface area contributed by atoms with Gasteiger partial charge in [0.2, 0.25) is 5.82 Å². The molecule has 0 spiro atoms. The van der Waals surface area contributed by atoms with E-state index in [-0.39, 0.29) is 5.82 Å². The van der Waals surface area contributed by atoms with Crippen molar-refractivity contribution in [3.63, 3.8) is 0 Å². The zero-order valence-corrected chi connectivity index (χ0v) is 10.1. The Morgan fingerprint density at radius 3 is 2.59 bits per heavy atom. The summed E-state index contributed by atoms with van der Waals surface area (Å²) in [6, 6.07) is 0. The molecule has 0 fully saturated rings. The number of carbonyl (C=O) groups excluding carboxylic acids is 1. The maximum atomic E-state index is 11.7. The van der Waals surface area contributed by atoms with Crippen LogP contribution in [0.1, 0.15) is 43.1 Å². The van der Waals surface area contributed by atoms with E-state index >= 15 is 0 Å². The Bertz CT molecular complexity index is 429. The van der Waals surface area contributed by atoms with Gasteiger partial charge in [0.05, 0.1) is 0 Å². The SMILES string of the molecule is CCCC(C)(NC(=O)c1n[nH]c(C)n1)C(=O)O. The second-order valence-corrected chi connectivity index (χ2v) is 4.09. The molecule has 0 aliphatic heterocycles. The molecule has 0 bridgehead atoms. The summed E-state index contributed by atoms with van der Waals surface area (Å²) in [6.07, 6.45) is 0.994. The number of hydrogen-bond donors (Lipinski definition) is 3. The van der Waals surface area contributed by atoms with Gasteiger partial charge in [-0.15, -0.1) is 5.10 Å². The van der Waals surface area contributed by atoms with Crippen molar-refractivity contribution < 1.29 is 14.7 Å². The molecule has 94 valence electrons. The van der Waals surface area contributed by atoms with E-state index in [0.29, 0.717) is 18.7 Å². The van der Waals surface area contributed by atoms with Crippen LogP contribution in [0.3, 0.4) is 0 Å². The lowest BCUT2D eigenvalue weighted by molar-refractivity contribution is -0.144. The smallest absolute Gasteiger partial charge is 0.329 e. The summed E-state index contributed by atoms with van der Waals surface area (Å²) in [5.74, 6) is -1.21. The number of aryl methyl sites for hydroxylation is 1. The maximum absolute atomic E-state index is 11.7. The highest BCUT2D eigenvalue weighted by Gasteiger charge is 2.34. The zero-order chi connectivity index (χ0) is 13.1. The van der Waals surface area contributed by atoms with Gasteiger partial charge in [0.25, 0.3) is 5.91 Å². The summed E-state index contributed by atoms with van der Waals surface area (Å²) in [5, 5.41) is 17.7. The van der Waals surface area contributed by atoms with Crippen molar-refractivity contribution in [3.05, 3.63) is 11.6 Å². The first-order chi connectivity index (χ1) is 7.89. The van der Waals surface area contributed by atoms with Crippen molar-refractivity contribution in [3.8, 4) is 0 Å². The number of hydrogen-bond acceptors (Lipinski definition) is 4. The Kier molecular flexibility index (Phi) is 3.82. The molecule has 0 aliphatic carbocycles. The summed E-state index contributed by atoms with van der Waals surface area (Å²) >= 11 is 0. The molecule has 7 nitrogen and oxygen atoms in total. The molecule has 1 amide bonds. The highest BCUT2D eigenvalue weighted by molar-refractivity contribution is 5.94. The van der Waals surface area contributed by atoms with E-state index < -0.39 is 17.4 Å². The Morgan fingerprint density at radius 1 is 1.53 bits per heavy atom. The number of H-pyrrole nitrogens is 1. The lowest BCUT2D eigenvalue weighted by atomic mass is 9.96. The Labute approximate surface area is 98.6 Å². The van der Waals surface area contributed by atoms with Crippen LogP contribution in [0.2, 0.25) is 0 Å². The minimum absolute atomic E-state index is 0.0499. The number of nitrogens with one attached hydrogen (secondary N) is 2. The first-order valence-corrected chi connectivity index (χ1v) is 5.34. The minimum atomic E-state index is -1.29. The van der Waals surface area contributed by atoms with E-state index in [9.17, 15) is 9.59 Å². The number of amides is 1. The monoisotopic (exact) mass is 240 g/mol. The van der Waals surface area contributed by atoms with E-state index in [1.165, 1.54) is 6.92 Å². The van der Waals surface area contributed by atoms with Gasteiger partial charge in [-0.3, -0.25) is 9.89 Å². The van der Waals surface area contributed by atoms with Gasteiger partial charge in [0.1, 0.15) is 11.4 Å². The molecule has 7 heteroatoms. The van der Waals surface area contributed by atoms with Gasteiger partial charge in [-0.05, 0) is 20.3 Å². The molecule has 1 unspecified atom stereocenters. The fourth-order valence-electron chi connectivity index (χ4n) is 1.47. The molecule has 0 saturated carbocycles. The quantitative estimate of drug-likeness (QED) is 0.694. The highest BCUT2D eigenvalue weighted by Crippen LogP contribution is 2.13. The Balaban J connectivity index is 2.81. The van der Waals surface area contributed by atoms with Crippen LogP contribution in [0, 0.1) is 6.92 Å². The average Bonchev–Trinajstić information content (AvgIpc) is 2.65. The standard InChI is InChI=1S/C10H16N4O3/c1-4-5-10(3,9(16)17)12-8(15)7-11-6(2)13-14-7/h4-5H2,1-3H3,(H,12,15)(H,16,17)(H,11,13,14). The van der Waals surface area contributed by atoms with Crippen molar-refractivity contribution in [2.75, 3.05) is 0 Å². The van der Waals surface area contributed by atoms with Crippen LogP contribution in [-0.2, 0) is 4.79 Å². The normalized spacial score (nSPS) is 14.1. The van der Waals surface area contributed by atoms with Gasteiger partial charge in [-0.2, -0.15) is 0 Å². The summed E-state index contributed by atoms with van der Waals surface area (Å²) in [6.45, 7) is 4.98. The molecule has 0 radical (unpaired) electrons. The van der Waals surface area contributed by atoms with Gasteiger partial charge in [-0.1, -0.05) is 13.3 Å². The van der Waals surface area contributed by atoms with E-state index in [4.69, 9.17) is 5.11 Å². The second kappa shape index (κ2) is 4.94. The molecule has 0 saturated heterocycles. The third-order valence-electron chi connectivity index (χ3n) is 2.41. The molecule has 3 N–H and O–H groups in total. The molecule has 1 rings (SSSR count). The van der Waals surface area contributed by atoms with Crippen LogP contribution >= 0.6 is 0 Å². The van der Waals surface area contributed by atoms with Crippen molar-refractivity contribution in [1.82, 2.24) is 20.5 Å². The molecule has 1 heterocycles. The number of carbonyl (C=O) groups is 2. The van der Waals surface area contributed by atoms with Crippen molar-refractivity contribution in [2.45, 2.75) is 39.2 Å². The van der Waals surface area contributed by atoms with Crippen LogP contribution in [0.25, 0.3) is 0 Å². The topological polar surface area (TPSA) is 108 Å². The van der Waals surface area contributed by atoms with E-state index in [2.05, 4.69) is 20.5 Å². The summed E-state index contributed by atoms with van der Waals surface area (Å²) in [4.78, 5) is 26.7. The van der Waals surface area contributed by atoms with Gasteiger partial charge < -0.3 is 10.4 Å². The van der Waals surface area contributed by atoms with Crippen LogP contribution in [0.15, 0.2) is 0 Å². The molecule has 17 heavy (non-hydrogen) atoms. The molecule has 1 aromatic heterocycles. The number of carboxylic acid groups (broad SMARTS) is 1. The van der Waals surface area contributed by atoms with Gasteiger partial charge in [0, 0.05) is 0 Å². The maximum Gasteiger partial charge on any atom is 0.329 e. The van der Waals surface area contributed by atoms with Crippen molar-refractivity contribution in [1.29, 1.82) is 0 Å². The Hall–Kier alpha value is -1.92. The number of carboxylic acids is 1. The molecular formula is C10H16N4O3. The van der Waals surface area contributed by atoms with Crippen LogP contribution in [0.4, 0.5) is 0 Å². The lowest BCUT2D eigenvalue weighted by Crippen LogP contribution is -2.52. The first-order valence-electron chi connectivity index (χ1n) is 5.34. The predicted octanol–water partition coefficient (Wildman–Crippen LogP) is 0.486. The highest BCUT2D eigenvalue weighted by atomic mass is 16.4. The minimum Gasteiger partial charge on any atom is -0.480 e.